The topological polar surface area (TPSA) is 41.9 Å². The fraction of sp³-hybridized carbons (Fsp3) is 0.357. The van der Waals surface area contributed by atoms with Crippen LogP contribution in [0.3, 0.4) is 0 Å². The maximum atomic E-state index is 4.37. The molecule has 0 saturated heterocycles. The first-order valence-electron chi connectivity index (χ1n) is 6.05. The molecule has 0 aliphatic heterocycles. The van der Waals surface area contributed by atoms with Gasteiger partial charge < -0.3 is 4.90 Å². The molecule has 0 radical (unpaired) electrons. The summed E-state index contributed by atoms with van der Waals surface area (Å²) in [7, 11) is 3.94. The van der Waals surface area contributed by atoms with Crippen molar-refractivity contribution in [3.63, 3.8) is 0 Å². The van der Waals surface area contributed by atoms with Crippen LogP contribution >= 0.6 is 0 Å². The van der Waals surface area contributed by atoms with Gasteiger partial charge in [-0.2, -0.15) is 10.2 Å². The fourth-order valence-electron chi connectivity index (χ4n) is 1.61. The van der Waals surface area contributed by atoms with Crippen molar-refractivity contribution in [2.24, 2.45) is 0 Å². The SMILES string of the molecule is CC(C)c1ccc(-c2ccc(N(C)C)nc2)nn1. The minimum absolute atomic E-state index is 0.404. The van der Waals surface area contributed by atoms with E-state index in [-0.39, 0.29) is 0 Å². The Hall–Kier alpha value is -1.97. The summed E-state index contributed by atoms with van der Waals surface area (Å²) in [6, 6.07) is 8.01. The summed E-state index contributed by atoms with van der Waals surface area (Å²) < 4.78 is 0. The Labute approximate surface area is 108 Å². The second kappa shape index (κ2) is 5.12. The third-order valence-electron chi connectivity index (χ3n) is 2.78. The predicted octanol–water partition coefficient (Wildman–Crippen LogP) is 2.73. The average Bonchev–Trinajstić information content (AvgIpc) is 2.39. The van der Waals surface area contributed by atoms with E-state index in [0.717, 1.165) is 22.8 Å². The Morgan fingerprint density at radius 2 is 1.78 bits per heavy atom. The van der Waals surface area contributed by atoms with Crippen molar-refractivity contribution in [2.45, 2.75) is 19.8 Å². The second-order valence-electron chi connectivity index (χ2n) is 4.80. The van der Waals surface area contributed by atoms with Gasteiger partial charge in [-0.15, -0.1) is 0 Å². The number of aromatic nitrogens is 3. The monoisotopic (exact) mass is 242 g/mol. The summed E-state index contributed by atoms with van der Waals surface area (Å²) in [6.45, 7) is 4.22. The molecule has 0 aromatic carbocycles. The van der Waals surface area contributed by atoms with Crippen LogP contribution in [0.15, 0.2) is 30.5 Å². The lowest BCUT2D eigenvalue weighted by molar-refractivity contribution is 0.787. The van der Waals surface area contributed by atoms with Gasteiger partial charge in [0.2, 0.25) is 0 Å². The van der Waals surface area contributed by atoms with Crippen molar-refractivity contribution in [3.8, 4) is 11.3 Å². The van der Waals surface area contributed by atoms with Gasteiger partial charge in [-0.05, 0) is 30.2 Å². The van der Waals surface area contributed by atoms with Crippen LogP contribution in [-0.4, -0.2) is 29.3 Å². The molecule has 2 aromatic heterocycles. The Balaban J connectivity index is 2.25. The molecule has 4 nitrogen and oxygen atoms in total. The molecule has 18 heavy (non-hydrogen) atoms. The van der Waals surface area contributed by atoms with Crippen molar-refractivity contribution in [1.82, 2.24) is 15.2 Å². The summed E-state index contributed by atoms with van der Waals surface area (Å²) in [5.74, 6) is 1.34. The molecule has 0 aliphatic carbocycles. The average molecular weight is 242 g/mol. The lowest BCUT2D eigenvalue weighted by atomic mass is 10.1. The van der Waals surface area contributed by atoms with Crippen LogP contribution in [0.25, 0.3) is 11.3 Å². The van der Waals surface area contributed by atoms with Crippen molar-refractivity contribution >= 4 is 5.82 Å². The summed E-state index contributed by atoms with van der Waals surface area (Å²) in [5, 5.41) is 8.47. The van der Waals surface area contributed by atoms with E-state index in [1.165, 1.54) is 0 Å². The number of hydrogen-bond acceptors (Lipinski definition) is 4. The Morgan fingerprint density at radius 1 is 1.00 bits per heavy atom. The molecule has 2 rings (SSSR count). The molecule has 0 amide bonds. The van der Waals surface area contributed by atoms with Crippen LogP contribution in [0, 0.1) is 0 Å². The summed E-state index contributed by atoms with van der Waals surface area (Å²) in [4.78, 5) is 6.34. The van der Waals surface area contributed by atoms with Gasteiger partial charge in [-0.3, -0.25) is 0 Å². The zero-order valence-electron chi connectivity index (χ0n) is 11.3. The van der Waals surface area contributed by atoms with Gasteiger partial charge in [0.25, 0.3) is 0 Å². The van der Waals surface area contributed by atoms with Crippen molar-refractivity contribution in [2.75, 3.05) is 19.0 Å². The van der Waals surface area contributed by atoms with E-state index in [0.29, 0.717) is 5.92 Å². The molecule has 2 heterocycles. The fourth-order valence-corrected chi connectivity index (χ4v) is 1.61. The van der Waals surface area contributed by atoms with E-state index >= 15 is 0 Å². The van der Waals surface area contributed by atoms with Gasteiger partial charge in [0.05, 0.1) is 11.4 Å². The largest absolute Gasteiger partial charge is 0.363 e. The molecule has 0 atom stereocenters. The van der Waals surface area contributed by atoms with Crippen molar-refractivity contribution in [1.29, 1.82) is 0 Å². The van der Waals surface area contributed by atoms with Crippen LogP contribution in [0.1, 0.15) is 25.5 Å². The minimum Gasteiger partial charge on any atom is -0.363 e. The molecule has 4 heteroatoms. The van der Waals surface area contributed by atoms with Gasteiger partial charge in [0, 0.05) is 25.9 Å². The van der Waals surface area contributed by atoms with Crippen molar-refractivity contribution in [3.05, 3.63) is 36.2 Å². The molecule has 0 spiro atoms. The van der Waals surface area contributed by atoms with Crippen LogP contribution < -0.4 is 4.90 Å². The predicted molar refractivity (Wildman–Crippen MR) is 73.7 cm³/mol. The molecule has 0 N–H and O–H groups in total. The summed E-state index contributed by atoms with van der Waals surface area (Å²) in [5.41, 5.74) is 2.86. The zero-order valence-corrected chi connectivity index (χ0v) is 11.3. The van der Waals surface area contributed by atoms with Crippen LogP contribution in [0.5, 0.6) is 0 Å². The van der Waals surface area contributed by atoms with E-state index in [4.69, 9.17) is 0 Å². The zero-order chi connectivity index (χ0) is 13.1. The Morgan fingerprint density at radius 3 is 2.22 bits per heavy atom. The molecule has 0 bridgehead atoms. The number of pyridine rings is 1. The molecular weight excluding hydrogens is 224 g/mol. The van der Waals surface area contributed by atoms with Gasteiger partial charge in [0.15, 0.2) is 0 Å². The highest BCUT2D eigenvalue weighted by Gasteiger charge is 2.05. The highest BCUT2D eigenvalue weighted by Crippen LogP contribution is 2.19. The number of rotatable bonds is 3. The van der Waals surface area contributed by atoms with Crippen LogP contribution in [-0.2, 0) is 0 Å². The summed E-state index contributed by atoms with van der Waals surface area (Å²) in [6.07, 6.45) is 1.83. The van der Waals surface area contributed by atoms with Gasteiger partial charge in [-0.1, -0.05) is 13.8 Å². The molecule has 0 aliphatic rings. The quantitative estimate of drug-likeness (QED) is 0.830. The minimum atomic E-state index is 0.404. The van der Waals surface area contributed by atoms with E-state index < -0.39 is 0 Å². The van der Waals surface area contributed by atoms with Gasteiger partial charge in [0.1, 0.15) is 5.82 Å². The van der Waals surface area contributed by atoms with E-state index in [2.05, 4.69) is 29.0 Å². The Kier molecular flexibility index (Phi) is 3.55. The number of anilines is 1. The number of hydrogen-bond donors (Lipinski definition) is 0. The van der Waals surface area contributed by atoms with E-state index in [1.807, 2.05) is 49.5 Å². The lowest BCUT2D eigenvalue weighted by Crippen LogP contribution is -2.10. The van der Waals surface area contributed by atoms with E-state index in [9.17, 15) is 0 Å². The maximum absolute atomic E-state index is 4.37. The number of nitrogens with zero attached hydrogens (tertiary/aromatic N) is 4. The van der Waals surface area contributed by atoms with Crippen LogP contribution in [0.4, 0.5) is 5.82 Å². The third-order valence-corrected chi connectivity index (χ3v) is 2.78. The maximum Gasteiger partial charge on any atom is 0.127 e. The molecule has 0 saturated carbocycles. The highest BCUT2D eigenvalue weighted by molar-refractivity contribution is 5.59. The molecule has 0 fully saturated rings. The molecule has 0 unspecified atom stereocenters. The van der Waals surface area contributed by atoms with Crippen LogP contribution in [0.2, 0.25) is 0 Å². The highest BCUT2D eigenvalue weighted by atomic mass is 15.1. The first kappa shape index (κ1) is 12.5. The normalized spacial score (nSPS) is 10.7. The standard InChI is InChI=1S/C14H18N4/c1-10(2)12-6-7-13(17-16-12)11-5-8-14(15-9-11)18(3)4/h5-10H,1-4H3. The first-order chi connectivity index (χ1) is 8.58. The van der Waals surface area contributed by atoms with Crippen molar-refractivity contribution < 1.29 is 0 Å². The van der Waals surface area contributed by atoms with Gasteiger partial charge in [-0.25, -0.2) is 4.98 Å². The first-order valence-corrected chi connectivity index (χ1v) is 6.05. The lowest BCUT2D eigenvalue weighted by Gasteiger charge is -2.11. The molecule has 2 aromatic rings. The third kappa shape index (κ3) is 2.64. The summed E-state index contributed by atoms with van der Waals surface area (Å²) >= 11 is 0. The Bertz CT molecular complexity index is 451. The molecular formula is C14H18N4. The van der Waals surface area contributed by atoms with Gasteiger partial charge >= 0.3 is 0 Å². The second-order valence-corrected chi connectivity index (χ2v) is 4.80. The molecule has 94 valence electrons. The van der Waals surface area contributed by atoms with E-state index in [1.54, 1.807) is 0 Å². The smallest absolute Gasteiger partial charge is 0.127 e.